The predicted molar refractivity (Wildman–Crippen MR) is 120 cm³/mol. The zero-order valence-corrected chi connectivity index (χ0v) is 19.2. The minimum atomic E-state index is -2.76. The summed E-state index contributed by atoms with van der Waals surface area (Å²) in [5.41, 5.74) is -6.39. The summed E-state index contributed by atoms with van der Waals surface area (Å²) in [4.78, 5) is 27.4. The topological polar surface area (TPSA) is 135 Å². The molecule has 1 fully saturated rings. The van der Waals surface area contributed by atoms with Crippen molar-refractivity contribution >= 4 is 17.3 Å². The van der Waals surface area contributed by atoms with E-state index in [0.29, 0.717) is 5.56 Å². The van der Waals surface area contributed by atoms with E-state index in [1.165, 1.54) is 13.0 Å². The van der Waals surface area contributed by atoms with Gasteiger partial charge in [-0.3, -0.25) is 9.59 Å². The number of hydrogen-bond acceptors (Lipinski definition) is 7. The zero-order chi connectivity index (χ0) is 24.8. The summed E-state index contributed by atoms with van der Waals surface area (Å²) in [6, 6.07) is 4.63. The molecular formula is C26H28O7. The maximum atomic E-state index is 14.1. The molecule has 1 aromatic carbocycles. The number of carbonyl (C=O) groups excluding carboxylic acids is 2. The monoisotopic (exact) mass is 452 g/mol. The summed E-state index contributed by atoms with van der Waals surface area (Å²) in [5, 5.41) is 56.5. The van der Waals surface area contributed by atoms with E-state index in [-0.39, 0.29) is 16.9 Å². The lowest BCUT2D eigenvalue weighted by molar-refractivity contribution is -0.215. The van der Waals surface area contributed by atoms with E-state index in [1.807, 2.05) is 0 Å². The quantitative estimate of drug-likeness (QED) is 0.414. The van der Waals surface area contributed by atoms with Gasteiger partial charge in [-0.05, 0) is 23.5 Å². The molecule has 0 amide bonds. The van der Waals surface area contributed by atoms with Crippen molar-refractivity contribution in [1.82, 2.24) is 0 Å². The number of aliphatic hydroxyl groups excluding tert-OH is 3. The summed E-state index contributed by atoms with van der Waals surface area (Å²) < 4.78 is 0. The zero-order valence-electron chi connectivity index (χ0n) is 19.2. The second-order valence-electron chi connectivity index (χ2n) is 10.1. The molecule has 1 saturated carbocycles. The van der Waals surface area contributed by atoms with Gasteiger partial charge in [-0.2, -0.15) is 0 Å². The van der Waals surface area contributed by atoms with Crippen LogP contribution < -0.4 is 0 Å². The van der Waals surface area contributed by atoms with Gasteiger partial charge in [0.15, 0.2) is 17.1 Å². The van der Waals surface area contributed by atoms with Crippen LogP contribution in [-0.2, 0) is 9.59 Å². The molecule has 1 unspecified atom stereocenters. The van der Waals surface area contributed by atoms with Crippen molar-refractivity contribution in [3.8, 4) is 18.1 Å². The van der Waals surface area contributed by atoms with Gasteiger partial charge in [0.05, 0.1) is 17.2 Å². The maximum absolute atomic E-state index is 14.1. The molecular weight excluding hydrogens is 424 g/mol. The molecule has 3 aliphatic rings. The standard InChI is InChI=1S/C26H28O7/c1-7-13-19(28)17(11(2)3)25(6)23(32)24(5)12(4)14-9-8-10-15(27)16(14)20(29)18(24)22(31)26(25,33)21(13)30/h1,8-12,17,23,27,29-30,32-33H,2-6H3/t12-,17?,23-,24+,25+,26+/m1/s1. The lowest BCUT2D eigenvalue weighted by Crippen LogP contribution is -2.75. The summed E-state index contributed by atoms with van der Waals surface area (Å²) in [5.74, 6) is -3.60. The Bertz CT molecular complexity index is 1220. The number of benzene rings is 1. The minimum absolute atomic E-state index is 0.0261. The van der Waals surface area contributed by atoms with Gasteiger partial charge in [-0.1, -0.05) is 52.7 Å². The Morgan fingerprint density at radius 3 is 2.27 bits per heavy atom. The lowest BCUT2D eigenvalue weighted by atomic mass is 9.40. The van der Waals surface area contributed by atoms with E-state index in [0.717, 1.165) is 0 Å². The molecule has 6 atom stereocenters. The third-order valence-electron chi connectivity index (χ3n) is 8.49. The second kappa shape index (κ2) is 6.72. The highest BCUT2D eigenvalue weighted by molar-refractivity contribution is 6.16. The molecule has 1 aromatic rings. The van der Waals surface area contributed by atoms with Crippen molar-refractivity contribution in [2.24, 2.45) is 22.7 Å². The van der Waals surface area contributed by atoms with Gasteiger partial charge in [0.25, 0.3) is 0 Å². The SMILES string of the molecule is C#CC1=C(O)[C@]2(O)C(=O)C3=C(O)c4c(O)cccc4[C@@H](C)[C@]3(C)[C@@H](O)[C@]2(C)C(C(C)C)C1=O. The van der Waals surface area contributed by atoms with Gasteiger partial charge in [0.2, 0.25) is 5.78 Å². The number of phenols is 1. The molecule has 3 aliphatic carbocycles. The maximum Gasteiger partial charge on any atom is 0.203 e. The number of Topliss-reactive ketones (excluding diaryl/α,β-unsaturated/α-hetero) is 2. The van der Waals surface area contributed by atoms with E-state index in [9.17, 15) is 35.1 Å². The van der Waals surface area contributed by atoms with Crippen LogP contribution in [0.25, 0.3) is 5.76 Å². The molecule has 0 heterocycles. The van der Waals surface area contributed by atoms with E-state index >= 15 is 0 Å². The number of ketones is 2. The Morgan fingerprint density at radius 2 is 1.73 bits per heavy atom. The average Bonchev–Trinajstić information content (AvgIpc) is 2.74. The van der Waals surface area contributed by atoms with Crippen molar-refractivity contribution < 1.29 is 35.1 Å². The van der Waals surface area contributed by atoms with Gasteiger partial charge in [0, 0.05) is 16.7 Å². The van der Waals surface area contributed by atoms with E-state index in [2.05, 4.69) is 5.92 Å². The Balaban J connectivity index is 2.18. The average molecular weight is 453 g/mol. The van der Waals surface area contributed by atoms with E-state index < -0.39 is 68.9 Å². The van der Waals surface area contributed by atoms with Crippen LogP contribution in [-0.4, -0.2) is 48.8 Å². The molecule has 33 heavy (non-hydrogen) atoms. The molecule has 0 radical (unpaired) electrons. The Morgan fingerprint density at radius 1 is 1.12 bits per heavy atom. The Hall–Kier alpha value is -3.08. The third kappa shape index (κ3) is 2.28. The third-order valence-corrected chi connectivity index (χ3v) is 8.49. The molecule has 0 aliphatic heterocycles. The first-order chi connectivity index (χ1) is 15.2. The van der Waals surface area contributed by atoms with Crippen LogP contribution in [0, 0.1) is 35.0 Å². The number of fused-ring (bicyclic) bond motifs is 3. The van der Waals surface area contributed by atoms with Crippen molar-refractivity contribution in [1.29, 1.82) is 0 Å². The summed E-state index contributed by atoms with van der Waals surface area (Å²) in [7, 11) is 0. The van der Waals surface area contributed by atoms with Gasteiger partial charge in [0.1, 0.15) is 17.1 Å². The summed E-state index contributed by atoms with van der Waals surface area (Å²) in [6.45, 7) is 8.16. The fourth-order valence-corrected chi connectivity index (χ4v) is 6.69. The van der Waals surface area contributed by atoms with Crippen LogP contribution in [0.5, 0.6) is 5.75 Å². The van der Waals surface area contributed by atoms with Gasteiger partial charge in [-0.25, -0.2) is 0 Å². The number of rotatable bonds is 1. The number of aliphatic hydroxyl groups is 4. The van der Waals surface area contributed by atoms with Crippen molar-refractivity contribution in [3.05, 3.63) is 46.2 Å². The minimum Gasteiger partial charge on any atom is -0.507 e. The van der Waals surface area contributed by atoms with Crippen LogP contribution in [0.15, 0.2) is 35.1 Å². The van der Waals surface area contributed by atoms with Crippen LogP contribution in [0.3, 0.4) is 0 Å². The van der Waals surface area contributed by atoms with Gasteiger partial charge in [-0.15, -0.1) is 6.42 Å². The highest BCUT2D eigenvalue weighted by atomic mass is 16.4. The van der Waals surface area contributed by atoms with E-state index in [4.69, 9.17) is 6.42 Å². The van der Waals surface area contributed by atoms with Crippen LogP contribution >= 0.6 is 0 Å². The number of allylic oxidation sites excluding steroid dienone is 1. The molecule has 0 spiro atoms. The van der Waals surface area contributed by atoms with Crippen LogP contribution in [0.1, 0.15) is 51.7 Å². The molecule has 0 bridgehead atoms. The number of phenolic OH excluding ortho intramolecular Hbond substituents is 1. The molecule has 174 valence electrons. The van der Waals surface area contributed by atoms with Gasteiger partial charge < -0.3 is 25.5 Å². The normalized spacial score (nSPS) is 38.1. The first-order valence-corrected chi connectivity index (χ1v) is 10.9. The summed E-state index contributed by atoms with van der Waals surface area (Å²) in [6.07, 6.45) is 3.91. The molecule has 7 nitrogen and oxygen atoms in total. The largest absolute Gasteiger partial charge is 0.507 e. The van der Waals surface area contributed by atoms with Crippen LogP contribution in [0.4, 0.5) is 0 Å². The Labute approximate surface area is 192 Å². The fourth-order valence-electron chi connectivity index (χ4n) is 6.69. The number of hydrogen-bond donors (Lipinski definition) is 5. The highest BCUT2D eigenvalue weighted by Crippen LogP contribution is 2.67. The molecule has 4 rings (SSSR count). The lowest BCUT2D eigenvalue weighted by Gasteiger charge is -2.63. The first-order valence-electron chi connectivity index (χ1n) is 10.9. The van der Waals surface area contributed by atoms with Crippen LogP contribution in [0.2, 0.25) is 0 Å². The molecule has 0 saturated heterocycles. The number of carbonyl (C=O) groups is 2. The van der Waals surface area contributed by atoms with Crippen molar-refractivity contribution in [2.45, 2.75) is 52.2 Å². The van der Waals surface area contributed by atoms with Crippen molar-refractivity contribution in [3.63, 3.8) is 0 Å². The predicted octanol–water partition coefficient (Wildman–Crippen LogP) is 2.77. The highest BCUT2D eigenvalue weighted by Gasteiger charge is 2.76. The summed E-state index contributed by atoms with van der Waals surface area (Å²) >= 11 is 0. The molecule has 7 heteroatoms. The Kier molecular flexibility index (Phi) is 4.70. The van der Waals surface area contributed by atoms with E-state index in [1.54, 1.807) is 39.8 Å². The fraction of sp³-hybridized carbons (Fsp3) is 0.462. The van der Waals surface area contributed by atoms with Crippen molar-refractivity contribution in [2.75, 3.05) is 0 Å². The first kappa shape index (κ1) is 23.1. The van der Waals surface area contributed by atoms with Gasteiger partial charge >= 0.3 is 0 Å². The number of terminal acetylenes is 1. The molecule has 0 aromatic heterocycles. The molecule has 5 N–H and O–H groups in total. The number of aromatic hydroxyl groups is 1. The second-order valence-corrected chi connectivity index (χ2v) is 10.1. The smallest absolute Gasteiger partial charge is 0.203 e.